The van der Waals surface area contributed by atoms with Gasteiger partial charge in [0.2, 0.25) is 0 Å². The molecule has 2 aromatic heterocycles. The molecule has 0 bridgehead atoms. The maximum absolute atomic E-state index is 5.51. The number of pyridine rings is 1. The van der Waals surface area contributed by atoms with Crippen molar-refractivity contribution in [1.82, 2.24) is 20.0 Å². The quantitative estimate of drug-likeness (QED) is 0.730. The van der Waals surface area contributed by atoms with Crippen LogP contribution in [0, 0.1) is 0 Å². The van der Waals surface area contributed by atoms with E-state index in [1.807, 2.05) is 26.1 Å². The van der Waals surface area contributed by atoms with E-state index in [4.69, 9.17) is 14.0 Å². The number of nitrogens with zero attached hydrogens (tertiary/aromatic N) is 5. The van der Waals surface area contributed by atoms with Crippen LogP contribution in [0.3, 0.4) is 0 Å². The van der Waals surface area contributed by atoms with Crippen molar-refractivity contribution in [2.45, 2.75) is 52.5 Å². The van der Waals surface area contributed by atoms with E-state index < -0.39 is 0 Å². The molecule has 2 aliphatic rings. The van der Waals surface area contributed by atoms with Gasteiger partial charge in [-0.2, -0.15) is 4.98 Å². The molecule has 0 atom stereocenters. The number of hydrogen-bond donors (Lipinski definition) is 0. The van der Waals surface area contributed by atoms with Gasteiger partial charge in [0, 0.05) is 50.0 Å². The van der Waals surface area contributed by atoms with Crippen molar-refractivity contribution >= 4 is 5.95 Å². The zero-order chi connectivity index (χ0) is 21.5. The lowest BCUT2D eigenvalue weighted by atomic mass is 10.0. The van der Waals surface area contributed by atoms with Crippen LogP contribution >= 0.6 is 0 Å². The molecule has 0 amide bonds. The van der Waals surface area contributed by atoms with E-state index in [-0.39, 0.29) is 0 Å². The van der Waals surface area contributed by atoms with Crippen molar-refractivity contribution in [1.29, 1.82) is 0 Å². The average molecular weight is 418 g/mol. The van der Waals surface area contributed by atoms with Crippen LogP contribution in [0.25, 0.3) is 11.6 Å². The van der Waals surface area contributed by atoms with Crippen LogP contribution in [0.4, 0.5) is 5.95 Å². The molecule has 0 N–H and O–H groups in total. The second kappa shape index (κ2) is 10.7. The Balaban J connectivity index is 0.00000124. The zero-order valence-electron chi connectivity index (χ0n) is 18.9. The maximum Gasteiger partial charge on any atom is 0.278 e. The highest BCUT2D eigenvalue weighted by atomic mass is 16.5. The van der Waals surface area contributed by atoms with E-state index in [0.717, 1.165) is 63.5 Å². The largest absolute Gasteiger partial charge is 0.496 e. The molecule has 2 saturated heterocycles. The molecule has 0 spiro atoms. The van der Waals surface area contributed by atoms with Crippen LogP contribution in [-0.4, -0.2) is 72.6 Å². The first-order valence-electron chi connectivity index (χ1n) is 11.1. The molecule has 0 aromatic carbocycles. The van der Waals surface area contributed by atoms with E-state index in [1.54, 1.807) is 7.11 Å². The topological polar surface area (TPSA) is 76.8 Å². The van der Waals surface area contributed by atoms with Crippen LogP contribution in [0.15, 0.2) is 16.8 Å². The number of aromatic nitrogens is 3. The zero-order valence-corrected chi connectivity index (χ0v) is 18.9. The summed E-state index contributed by atoms with van der Waals surface area (Å²) in [5, 5.41) is 4.19. The lowest BCUT2D eigenvalue weighted by Crippen LogP contribution is -2.49. The fourth-order valence-corrected chi connectivity index (χ4v) is 4.00. The SMILES string of the molecule is CC.COc1cc(-c2nc(N3CCC(N4CCOCC4)CC3)no2)ncc1C(C)C. The summed E-state index contributed by atoms with van der Waals surface area (Å²) in [5.74, 6) is 2.21. The normalized spacial score (nSPS) is 18.3. The summed E-state index contributed by atoms with van der Waals surface area (Å²) in [7, 11) is 1.67. The first-order valence-corrected chi connectivity index (χ1v) is 11.1. The molecular weight excluding hydrogens is 382 g/mol. The summed E-state index contributed by atoms with van der Waals surface area (Å²) in [5.41, 5.74) is 1.71. The molecule has 0 radical (unpaired) electrons. The molecule has 2 aromatic rings. The Kier molecular flexibility index (Phi) is 8.04. The van der Waals surface area contributed by atoms with Gasteiger partial charge < -0.3 is 18.9 Å². The fourth-order valence-electron chi connectivity index (χ4n) is 4.00. The molecule has 8 heteroatoms. The van der Waals surface area contributed by atoms with Gasteiger partial charge in [-0.1, -0.05) is 27.7 Å². The van der Waals surface area contributed by atoms with Gasteiger partial charge in [0.05, 0.1) is 20.3 Å². The summed E-state index contributed by atoms with van der Waals surface area (Å²) < 4.78 is 16.5. The van der Waals surface area contributed by atoms with E-state index >= 15 is 0 Å². The van der Waals surface area contributed by atoms with Gasteiger partial charge in [-0.15, -0.1) is 0 Å². The third kappa shape index (κ3) is 5.10. The van der Waals surface area contributed by atoms with Crippen LogP contribution in [0.2, 0.25) is 0 Å². The summed E-state index contributed by atoms with van der Waals surface area (Å²) in [6.07, 6.45) is 4.05. The maximum atomic E-state index is 5.51. The van der Waals surface area contributed by atoms with Crippen molar-refractivity contribution in [2.75, 3.05) is 51.4 Å². The van der Waals surface area contributed by atoms with Crippen molar-refractivity contribution < 1.29 is 14.0 Å². The van der Waals surface area contributed by atoms with Gasteiger partial charge >= 0.3 is 0 Å². The minimum atomic E-state index is 0.336. The number of morpholine rings is 1. The van der Waals surface area contributed by atoms with Crippen LogP contribution in [0.1, 0.15) is 52.0 Å². The Morgan fingerprint density at radius 1 is 1.10 bits per heavy atom. The van der Waals surface area contributed by atoms with Crippen LogP contribution in [-0.2, 0) is 4.74 Å². The second-order valence-electron chi connectivity index (χ2n) is 7.73. The molecule has 0 unspecified atom stereocenters. The van der Waals surface area contributed by atoms with Crippen molar-refractivity contribution in [3.63, 3.8) is 0 Å². The average Bonchev–Trinajstić information content (AvgIpc) is 3.31. The molecule has 2 aliphatic heterocycles. The Hall–Kier alpha value is -2.19. The summed E-state index contributed by atoms with van der Waals surface area (Å²) in [4.78, 5) is 13.8. The molecule has 2 fully saturated rings. The van der Waals surface area contributed by atoms with E-state index in [2.05, 4.69) is 38.8 Å². The number of ether oxygens (including phenoxy) is 2. The molecule has 4 heterocycles. The minimum Gasteiger partial charge on any atom is -0.496 e. The molecule has 0 saturated carbocycles. The van der Waals surface area contributed by atoms with Crippen molar-refractivity contribution in [3.05, 3.63) is 17.8 Å². The summed E-state index contributed by atoms with van der Waals surface area (Å²) in [6.45, 7) is 13.9. The van der Waals surface area contributed by atoms with Crippen LogP contribution in [0.5, 0.6) is 5.75 Å². The minimum absolute atomic E-state index is 0.336. The Morgan fingerprint density at radius 3 is 2.43 bits per heavy atom. The number of piperidine rings is 1. The lowest BCUT2D eigenvalue weighted by molar-refractivity contribution is 0.0114. The van der Waals surface area contributed by atoms with E-state index in [1.165, 1.54) is 0 Å². The highest BCUT2D eigenvalue weighted by Crippen LogP contribution is 2.30. The number of hydrogen-bond acceptors (Lipinski definition) is 8. The predicted octanol–water partition coefficient (Wildman–Crippen LogP) is 3.59. The third-order valence-corrected chi connectivity index (χ3v) is 5.68. The Morgan fingerprint density at radius 2 is 1.80 bits per heavy atom. The lowest BCUT2D eigenvalue weighted by Gasteiger charge is -2.39. The highest BCUT2D eigenvalue weighted by molar-refractivity contribution is 5.54. The van der Waals surface area contributed by atoms with Gasteiger partial charge in [-0.25, -0.2) is 0 Å². The molecular formula is C22H35N5O3. The monoisotopic (exact) mass is 417 g/mol. The van der Waals surface area contributed by atoms with E-state index in [0.29, 0.717) is 29.5 Å². The highest BCUT2D eigenvalue weighted by Gasteiger charge is 2.28. The van der Waals surface area contributed by atoms with Gasteiger partial charge in [0.15, 0.2) is 0 Å². The first kappa shape index (κ1) is 22.5. The fraction of sp³-hybridized carbons (Fsp3) is 0.682. The van der Waals surface area contributed by atoms with Crippen molar-refractivity contribution in [2.24, 2.45) is 0 Å². The van der Waals surface area contributed by atoms with Gasteiger partial charge in [0.25, 0.3) is 11.8 Å². The molecule has 166 valence electrons. The molecule has 30 heavy (non-hydrogen) atoms. The molecule has 8 nitrogen and oxygen atoms in total. The summed E-state index contributed by atoms with van der Waals surface area (Å²) in [6, 6.07) is 2.50. The number of rotatable bonds is 5. The standard InChI is InChI=1S/C20H29N5O3.C2H6/c1-14(2)16-13-21-17(12-18(16)26-3)19-22-20(23-28-19)25-6-4-15(5-7-25)24-8-10-27-11-9-24;1-2/h12-15H,4-11H2,1-3H3;1-2H3. The first-order chi connectivity index (χ1) is 14.7. The summed E-state index contributed by atoms with van der Waals surface area (Å²) >= 11 is 0. The number of methoxy groups -OCH3 is 1. The smallest absolute Gasteiger partial charge is 0.278 e. The Labute approximate surface area is 179 Å². The molecule has 0 aliphatic carbocycles. The van der Waals surface area contributed by atoms with Gasteiger partial charge in [-0.05, 0) is 23.9 Å². The molecule has 4 rings (SSSR count). The van der Waals surface area contributed by atoms with Gasteiger partial charge in [0.1, 0.15) is 11.4 Å². The van der Waals surface area contributed by atoms with Crippen molar-refractivity contribution in [3.8, 4) is 17.3 Å². The van der Waals surface area contributed by atoms with Crippen LogP contribution < -0.4 is 9.64 Å². The van der Waals surface area contributed by atoms with E-state index in [9.17, 15) is 0 Å². The predicted molar refractivity (Wildman–Crippen MR) is 117 cm³/mol. The Bertz CT molecular complexity index is 781. The van der Waals surface area contributed by atoms with Gasteiger partial charge in [-0.3, -0.25) is 9.88 Å². The second-order valence-corrected chi connectivity index (χ2v) is 7.73. The number of anilines is 1. The third-order valence-electron chi connectivity index (χ3n) is 5.68.